The molecule has 26 heavy (non-hydrogen) atoms. The van der Waals surface area contributed by atoms with E-state index in [1.54, 1.807) is 18.2 Å². The molecule has 7 nitrogen and oxygen atoms in total. The number of hydrogen-bond acceptors (Lipinski definition) is 6. The number of rotatable bonds is 7. The first-order valence-corrected chi connectivity index (χ1v) is 8.73. The number of amides is 1. The van der Waals surface area contributed by atoms with Crippen molar-refractivity contribution in [3.05, 3.63) is 69.7 Å². The number of fused-ring (bicyclic) bond motifs is 1. The van der Waals surface area contributed by atoms with Crippen LogP contribution in [0.3, 0.4) is 0 Å². The Kier molecular flexibility index (Phi) is 5.55. The molecule has 0 saturated heterocycles. The van der Waals surface area contributed by atoms with E-state index in [4.69, 9.17) is 0 Å². The van der Waals surface area contributed by atoms with Gasteiger partial charge in [0.25, 0.3) is 5.69 Å². The molecule has 0 spiro atoms. The van der Waals surface area contributed by atoms with E-state index in [1.807, 2.05) is 24.3 Å². The maximum atomic E-state index is 11.8. The Morgan fingerprint density at radius 1 is 1.15 bits per heavy atom. The highest BCUT2D eigenvalue weighted by Crippen LogP contribution is 2.22. The maximum absolute atomic E-state index is 11.8. The van der Waals surface area contributed by atoms with Crippen LogP contribution >= 0.6 is 11.3 Å². The minimum absolute atomic E-state index is 0.0452. The Morgan fingerprint density at radius 3 is 2.65 bits per heavy atom. The van der Waals surface area contributed by atoms with Crippen molar-refractivity contribution in [3.8, 4) is 0 Å². The van der Waals surface area contributed by atoms with Gasteiger partial charge in [0.15, 0.2) is 0 Å². The Bertz CT molecular complexity index is 917. The van der Waals surface area contributed by atoms with Gasteiger partial charge in [0, 0.05) is 37.0 Å². The molecule has 2 N–H and O–H groups in total. The molecule has 0 unspecified atom stereocenters. The number of hydrogen-bond donors (Lipinski definition) is 2. The second-order valence-corrected chi connectivity index (χ2v) is 6.44. The van der Waals surface area contributed by atoms with Crippen molar-refractivity contribution in [2.45, 2.75) is 0 Å². The quantitative estimate of drug-likeness (QED) is 0.288. The van der Waals surface area contributed by atoms with E-state index in [0.29, 0.717) is 13.1 Å². The second kappa shape index (κ2) is 8.21. The largest absolute Gasteiger partial charge is 0.383 e. The second-order valence-electron chi connectivity index (χ2n) is 5.37. The fraction of sp³-hybridized carbons (Fsp3) is 0.111. The predicted molar refractivity (Wildman–Crippen MR) is 103 cm³/mol. The third kappa shape index (κ3) is 4.64. The standard InChI is InChI=1S/C18H16N4O3S/c23-17(9-10-18-21-15-3-1-2-4-16(15)26-18)20-12-11-19-13-5-7-14(8-6-13)22(24)25/h1-10,19H,11-12H2,(H,20,23)/b10-9+. The summed E-state index contributed by atoms with van der Waals surface area (Å²) < 4.78 is 1.08. The zero-order chi connectivity index (χ0) is 18.4. The van der Waals surface area contributed by atoms with Crippen LogP contribution in [-0.2, 0) is 4.79 Å². The number of non-ortho nitro benzene ring substituents is 1. The molecule has 0 bridgehead atoms. The lowest BCUT2D eigenvalue weighted by molar-refractivity contribution is -0.384. The third-order valence-corrected chi connectivity index (χ3v) is 4.52. The van der Waals surface area contributed by atoms with E-state index in [1.165, 1.54) is 29.5 Å². The summed E-state index contributed by atoms with van der Waals surface area (Å²) in [5.41, 5.74) is 1.73. The van der Waals surface area contributed by atoms with Gasteiger partial charge in [-0.1, -0.05) is 12.1 Å². The number of carbonyl (C=O) groups is 1. The van der Waals surface area contributed by atoms with Crippen LogP contribution in [0.1, 0.15) is 5.01 Å². The number of carbonyl (C=O) groups excluding carboxylic acids is 1. The smallest absolute Gasteiger partial charge is 0.269 e. The summed E-state index contributed by atoms with van der Waals surface area (Å²) in [4.78, 5) is 26.4. The molecular weight excluding hydrogens is 352 g/mol. The number of benzene rings is 2. The summed E-state index contributed by atoms with van der Waals surface area (Å²) in [6, 6.07) is 13.9. The third-order valence-electron chi connectivity index (χ3n) is 3.52. The Morgan fingerprint density at radius 2 is 1.92 bits per heavy atom. The van der Waals surface area contributed by atoms with Crippen LogP contribution in [0.2, 0.25) is 0 Å². The Balaban J connectivity index is 1.43. The average Bonchev–Trinajstić information content (AvgIpc) is 3.07. The van der Waals surface area contributed by atoms with Crippen LogP contribution in [0.15, 0.2) is 54.6 Å². The van der Waals surface area contributed by atoms with Gasteiger partial charge >= 0.3 is 0 Å². The molecule has 8 heteroatoms. The van der Waals surface area contributed by atoms with Crippen molar-refractivity contribution >= 4 is 44.9 Å². The van der Waals surface area contributed by atoms with Gasteiger partial charge in [-0.25, -0.2) is 4.98 Å². The topological polar surface area (TPSA) is 97.2 Å². The van der Waals surface area contributed by atoms with Gasteiger partial charge in [-0.3, -0.25) is 14.9 Å². The van der Waals surface area contributed by atoms with E-state index in [2.05, 4.69) is 15.6 Å². The Labute approximate surface area is 153 Å². The van der Waals surface area contributed by atoms with Gasteiger partial charge in [0.1, 0.15) is 5.01 Å². The van der Waals surface area contributed by atoms with Gasteiger partial charge in [-0.15, -0.1) is 11.3 Å². The highest BCUT2D eigenvalue weighted by Gasteiger charge is 2.04. The van der Waals surface area contributed by atoms with Crippen molar-refractivity contribution in [1.29, 1.82) is 0 Å². The summed E-state index contributed by atoms with van der Waals surface area (Å²) in [5, 5.41) is 17.2. The van der Waals surface area contributed by atoms with Crippen LogP contribution in [-0.4, -0.2) is 28.9 Å². The van der Waals surface area contributed by atoms with E-state index in [-0.39, 0.29) is 11.6 Å². The summed E-state index contributed by atoms with van der Waals surface area (Å²) in [6.07, 6.45) is 3.16. The van der Waals surface area contributed by atoms with E-state index < -0.39 is 4.92 Å². The fourth-order valence-electron chi connectivity index (χ4n) is 2.26. The number of anilines is 1. The van der Waals surface area contributed by atoms with Gasteiger partial charge in [-0.05, 0) is 30.3 Å². The number of nitro benzene ring substituents is 1. The van der Waals surface area contributed by atoms with Gasteiger partial charge < -0.3 is 10.6 Å². The fourth-order valence-corrected chi connectivity index (χ4v) is 3.13. The Hall–Kier alpha value is -3.26. The van der Waals surface area contributed by atoms with Crippen molar-refractivity contribution in [3.63, 3.8) is 0 Å². The SMILES string of the molecule is O=C(/C=C/c1nc2ccccc2s1)NCCNc1ccc([N+](=O)[O-])cc1. The monoisotopic (exact) mass is 368 g/mol. The molecular formula is C18H16N4O3S. The molecule has 0 aliphatic carbocycles. The lowest BCUT2D eigenvalue weighted by Crippen LogP contribution is -2.27. The van der Waals surface area contributed by atoms with E-state index in [0.717, 1.165) is 20.9 Å². The molecule has 132 valence electrons. The molecule has 3 aromatic rings. The molecule has 1 heterocycles. The van der Waals surface area contributed by atoms with Crippen molar-refractivity contribution in [1.82, 2.24) is 10.3 Å². The highest BCUT2D eigenvalue weighted by molar-refractivity contribution is 7.19. The van der Waals surface area contributed by atoms with Gasteiger partial charge in [0.2, 0.25) is 5.91 Å². The first-order chi connectivity index (χ1) is 12.6. The number of nitrogens with zero attached hydrogens (tertiary/aromatic N) is 2. The lowest BCUT2D eigenvalue weighted by Gasteiger charge is -2.06. The zero-order valence-electron chi connectivity index (χ0n) is 13.7. The van der Waals surface area contributed by atoms with E-state index >= 15 is 0 Å². The van der Waals surface area contributed by atoms with Crippen molar-refractivity contribution in [2.24, 2.45) is 0 Å². The summed E-state index contributed by atoms with van der Waals surface area (Å²) in [5.74, 6) is -0.199. The first-order valence-electron chi connectivity index (χ1n) is 7.91. The molecule has 1 aromatic heterocycles. The number of nitrogens with one attached hydrogen (secondary N) is 2. The number of aromatic nitrogens is 1. The number of nitro groups is 1. The zero-order valence-corrected chi connectivity index (χ0v) is 14.5. The molecule has 0 fully saturated rings. The van der Waals surface area contributed by atoms with Crippen LogP contribution in [0.4, 0.5) is 11.4 Å². The number of thiazole rings is 1. The van der Waals surface area contributed by atoms with Gasteiger partial charge in [0.05, 0.1) is 15.1 Å². The summed E-state index contributed by atoms with van der Waals surface area (Å²) in [7, 11) is 0. The average molecular weight is 368 g/mol. The predicted octanol–water partition coefficient (Wildman–Crippen LogP) is 3.45. The molecule has 1 amide bonds. The first kappa shape index (κ1) is 17.6. The molecule has 3 rings (SSSR count). The van der Waals surface area contributed by atoms with E-state index in [9.17, 15) is 14.9 Å². The number of para-hydroxylation sites is 1. The normalized spacial score (nSPS) is 10.9. The van der Waals surface area contributed by atoms with Crippen LogP contribution in [0, 0.1) is 10.1 Å². The van der Waals surface area contributed by atoms with Crippen LogP contribution in [0.5, 0.6) is 0 Å². The van der Waals surface area contributed by atoms with Crippen LogP contribution in [0.25, 0.3) is 16.3 Å². The minimum Gasteiger partial charge on any atom is -0.383 e. The maximum Gasteiger partial charge on any atom is 0.269 e. The van der Waals surface area contributed by atoms with Gasteiger partial charge in [-0.2, -0.15) is 0 Å². The molecule has 0 atom stereocenters. The summed E-state index contributed by atoms with van der Waals surface area (Å²) >= 11 is 1.53. The molecule has 2 aromatic carbocycles. The minimum atomic E-state index is -0.443. The van der Waals surface area contributed by atoms with Crippen LogP contribution < -0.4 is 10.6 Å². The highest BCUT2D eigenvalue weighted by atomic mass is 32.1. The molecule has 0 saturated carbocycles. The van der Waals surface area contributed by atoms with Crippen molar-refractivity contribution in [2.75, 3.05) is 18.4 Å². The lowest BCUT2D eigenvalue weighted by atomic mass is 10.3. The van der Waals surface area contributed by atoms with Crippen molar-refractivity contribution < 1.29 is 9.72 Å². The molecule has 0 aliphatic heterocycles. The summed E-state index contributed by atoms with van der Waals surface area (Å²) in [6.45, 7) is 0.943. The molecule has 0 radical (unpaired) electrons. The molecule has 0 aliphatic rings.